The van der Waals surface area contributed by atoms with Crippen LogP contribution in [-0.4, -0.2) is 44.9 Å². The molecular weight excluding hydrogens is 278 g/mol. The Morgan fingerprint density at radius 3 is 2.55 bits per heavy atom. The number of halogens is 1. The maximum atomic E-state index is 12.2. The van der Waals surface area contributed by atoms with E-state index in [1.807, 2.05) is 13.8 Å². The molecule has 2 rings (SSSR count). The highest BCUT2D eigenvalue weighted by atomic mass is 35.5. The molecule has 1 fully saturated rings. The third-order valence-corrected chi connectivity index (χ3v) is 4.62. The SMILES string of the molecule is Cc1nn(CC(=O)N(C)CC2(O)CCCC2)c(C)c1Cl. The molecule has 1 aromatic rings. The van der Waals surface area contributed by atoms with Crippen LogP contribution in [0, 0.1) is 13.8 Å². The van der Waals surface area contributed by atoms with Gasteiger partial charge < -0.3 is 10.0 Å². The molecule has 1 saturated carbocycles. The standard InChI is InChI=1S/C14H22ClN3O2/c1-10-13(15)11(2)18(16-10)8-12(19)17(3)9-14(20)6-4-5-7-14/h20H,4-9H2,1-3H3. The molecule has 112 valence electrons. The first-order valence-corrected chi connectivity index (χ1v) is 7.36. The quantitative estimate of drug-likeness (QED) is 0.924. The fourth-order valence-corrected chi connectivity index (χ4v) is 2.93. The summed E-state index contributed by atoms with van der Waals surface area (Å²) in [7, 11) is 1.73. The number of likely N-dealkylation sites (N-methyl/N-ethyl adjacent to an activating group) is 1. The average molecular weight is 300 g/mol. The van der Waals surface area contributed by atoms with Crippen LogP contribution in [0.4, 0.5) is 0 Å². The van der Waals surface area contributed by atoms with Crippen molar-refractivity contribution in [2.24, 2.45) is 0 Å². The first-order chi connectivity index (χ1) is 9.32. The summed E-state index contributed by atoms with van der Waals surface area (Å²) in [5.41, 5.74) is 0.816. The number of rotatable bonds is 4. The summed E-state index contributed by atoms with van der Waals surface area (Å²) in [4.78, 5) is 13.8. The summed E-state index contributed by atoms with van der Waals surface area (Å²) < 4.78 is 1.62. The van der Waals surface area contributed by atoms with Crippen molar-refractivity contribution in [3.63, 3.8) is 0 Å². The van der Waals surface area contributed by atoms with Crippen molar-refractivity contribution in [2.75, 3.05) is 13.6 Å². The van der Waals surface area contributed by atoms with Crippen molar-refractivity contribution in [1.82, 2.24) is 14.7 Å². The Bertz CT molecular complexity index is 507. The smallest absolute Gasteiger partial charge is 0.244 e. The lowest BCUT2D eigenvalue weighted by molar-refractivity contribution is -0.134. The van der Waals surface area contributed by atoms with E-state index in [1.165, 1.54) is 0 Å². The van der Waals surface area contributed by atoms with Gasteiger partial charge in [-0.25, -0.2) is 0 Å². The number of nitrogens with zero attached hydrogens (tertiary/aromatic N) is 3. The number of amides is 1. The molecule has 1 heterocycles. The molecule has 1 N–H and O–H groups in total. The molecule has 0 saturated heterocycles. The van der Waals surface area contributed by atoms with E-state index in [1.54, 1.807) is 16.6 Å². The van der Waals surface area contributed by atoms with Gasteiger partial charge in [-0.1, -0.05) is 24.4 Å². The van der Waals surface area contributed by atoms with E-state index in [-0.39, 0.29) is 12.5 Å². The molecule has 20 heavy (non-hydrogen) atoms. The summed E-state index contributed by atoms with van der Waals surface area (Å²) in [5, 5.41) is 15.2. The van der Waals surface area contributed by atoms with Crippen molar-refractivity contribution in [1.29, 1.82) is 0 Å². The maximum Gasteiger partial charge on any atom is 0.244 e. The van der Waals surface area contributed by atoms with Gasteiger partial charge in [0.2, 0.25) is 5.91 Å². The molecule has 6 heteroatoms. The van der Waals surface area contributed by atoms with Crippen molar-refractivity contribution >= 4 is 17.5 Å². The topological polar surface area (TPSA) is 58.4 Å². The van der Waals surface area contributed by atoms with E-state index in [4.69, 9.17) is 11.6 Å². The molecule has 0 bridgehead atoms. The van der Waals surface area contributed by atoms with Gasteiger partial charge in [-0.05, 0) is 26.7 Å². The third-order valence-electron chi connectivity index (χ3n) is 4.07. The van der Waals surface area contributed by atoms with E-state index in [9.17, 15) is 9.90 Å². The van der Waals surface area contributed by atoms with E-state index in [2.05, 4.69) is 5.10 Å². The van der Waals surface area contributed by atoms with E-state index >= 15 is 0 Å². The van der Waals surface area contributed by atoms with E-state index in [0.717, 1.165) is 37.1 Å². The molecule has 0 aliphatic heterocycles. The lowest BCUT2D eigenvalue weighted by atomic mass is 10.0. The lowest BCUT2D eigenvalue weighted by Crippen LogP contribution is -2.43. The van der Waals surface area contributed by atoms with E-state index in [0.29, 0.717) is 11.6 Å². The van der Waals surface area contributed by atoms with Crippen molar-refractivity contribution in [3.8, 4) is 0 Å². The number of aryl methyl sites for hydroxylation is 1. The summed E-state index contributed by atoms with van der Waals surface area (Å²) in [6.45, 7) is 4.21. The van der Waals surface area contributed by atoms with Gasteiger partial charge in [-0.2, -0.15) is 5.10 Å². The fourth-order valence-electron chi connectivity index (χ4n) is 2.80. The van der Waals surface area contributed by atoms with Crippen LogP contribution in [0.25, 0.3) is 0 Å². The maximum absolute atomic E-state index is 12.2. The first kappa shape index (κ1) is 15.3. The van der Waals surface area contributed by atoms with E-state index < -0.39 is 5.60 Å². The normalized spacial score (nSPS) is 17.4. The van der Waals surface area contributed by atoms with Crippen LogP contribution in [0.3, 0.4) is 0 Å². The second kappa shape index (κ2) is 5.74. The zero-order valence-electron chi connectivity index (χ0n) is 12.3. The van der Waals surface area contributed by atoms with Gasteiger partial charge in [0.1, 0.15) is 6.54 Å². The molecule has 0 unspecified atom stereocenters. The highest BCUT2D eigenvalue weighted by Gasteiger charge is 2.33. The highest BCUT2D eigenvalue weighted by molar-refractivity contribution is 6.31. The van der Waals surface area contributed by atoms with Gasteiger partial charge in [0.05, 0.1) is 22.0 Å². The molecule has 0 atom stereocenters. The van der Waals surface area contributed by atoms with Crippen LogP contribution < -0.4 is 0 Å². The van der Waals surface area contributed by atoms with Gasteiger partial charge in [-0.15, -0.1) is 0 Å². The van der Waals surface area contributed by atoms with Crippen LogP contribution in [0.15, 0.2) is 0 Å². The molecule has 0 aromatic carbocycles. The molecular formula is C14H22ClN3O2. The molecule has 1 amide bonds. The van der Waals surface area contributed by atoms with Gasteiger partial charge in [0.25, 0.3) is 0 Å². The Hall–Kier alpha value is -1.07. The van der Waals surface area contributed by atoms with Crippen LogP contribution in [0.2, 0.25) is 5.02 Å². The summed E-state index contributed by atoms with van der Waals surface area (Å²) >= 11 is 6.07. The average Bonchev–Trinajstić information content (AvgIpc) is 2.90. The Morgan fingerprint density at radius 2 is 2.05 bits per heavy atom. The Balaban J connectivity index is 1.98. The predicted molar refractivity (Wildman–Crippen MR) is 77.8 cm³/mol. The fraction of sp³-hybridized carbons (Fsp3) is 0.714. The lowest BCUT2D eigenvalue weighted by Gasteiger charge is -2.28. The molecule has 0 radical (unpaired) electrons. The molecule has 5 nitrogen and oxygen atoms in total. The monoisotopic (exact) mass is 299 g/mol. The predicted octanol–water partition coefficient (Wildman–Crippen LogP) is 1.92. The molecule has 1 aliphatic carbocycles. The largest absolute Gasteiger partial charge is 0.388 e. The number of hydrogen-bond acceptors (Lipinski definition) is 3. The molecule has 0 spiro atoms. The second-order valence-corrected chi connectivity index (χ2v) is 6.20. The second-order valence-electron chi connectivity index (χ2n) is 5.82. The van der Waals surface area contributed by atoms with Crippen LogP contribution in [-0.2, 0) is 11.3 Å². The molecule has 1 aliphatic rings. The summed E-state index contributed by atoms with van der Waals surface area (Å²) in [5.74, 6) is -0.0624. The van der Waals surface area contributed by atoms with Crippen LogP contribution >= 0.6 is 11.6 Å². The van der Waals surface area contributed by atoms with Gasteiger partial charge in [0, 0.05) is 13.6 Å². The van der Waals surface area contributed by atoms with Gasteiger partial charge in [0.15, 0.2) is 0 Å². The number of carbonyl (C=O) groups excluding carboxylic acids is 1. The Labute approximate surface area is 124 Å². The minimum atomic E-state index is -0.711. The van der Waals surface area contributed by atoms with Crippen molar-refractivity contribution in [2.45, 2.75) is 51.7 Å². The van der Waals surface area contributed by atoms with Crippen LogP contribution in [0.1, 0.15) is 37.1 Å². The zero-order chi connectivity index (χ0) is 14.9. The number of carbonyl (C=O) groups is 1. The third kappa shape index (κ3) is 3.15. The Morgan fingerprint density at radius 1 is 1.45 bits per heavy atom. The summed E-state index contributed by atoms with van der Waals surface area (Å²) in [6, 6.07) is 0. The van der Waals surface area contributed by atoms with Crippen molar-refractivity contribution in [3.05, 3.63) is 16.4 Å². The highest BCUT2D eigenvalue weighted by Crippen LogP contribution is 2.30. The number of hydrogen-bond donors (Lipinski definition) is 1. The first-order valence-electron chi connectivity index (χ1n) is 6.98. The zero-order valence-corrected chi connectivity index (χ0v) is 13.1. The van der Waals surface area contributed by atoms with Gasteiger partial charge >= 0.3 is 0 Å². The molecule has 1 aromatic heterocycles. The van der Waals surface area contributed by atoms with Crippen LogP contribution in [0.5, 0.6) is 0 Å². The number of aliphatic hydroxyl groups is 1. The summed E-state index contributed by atoms with van der Waals surface area (Å²) in [6.07, 6.45) is 3.61. The Kier molecular flexibility index (Phi) is 4.39. The minimum Gasteiger partial charge on any atom is -0.388 e. The van der Waals surface area contributed by atoms with Gasteiger partial charge in [-0.3, -0.25) is 9.48 Å². The van der Waals surface area contributed by atoms with Crippen molar-refractivity contribution < 1.29 is 9.90 Å². The number of aromatic nitrogens is 2. The minimum absolute atomic E-state index is 0.0624.